The average Bonchev–Trinajstić information content (AvgIpc) is 2.03. The summed E-state index contributed by atoms with van der Waals surface area (Å²) >= 11 is 0. The van der Waals surface area contributed by atoms with Gasteiger partial charge in [-0.1, -0.05) is 0 Å². The summed E-state index contributed by atoms with van der Waals surface area (Å²) in [5.41, 5.74) is 7.17. The second kappa shape index (κ2) is 3.75. The quantitative estimate of drug-likeness (QED) is 0.769. The molecule has 2 N–H and O–H groups in total. The smallest absolute Gasteiger partial charge is 0.0678 e. The Labute approximate surface area is 78.9 Å². The summed E-state index contributed by atoms with van der Waals surface area (Å²) in [4.78, 5) is 4.21. The van der Waals surface area contributed by atoms with Gasteiger partial charge in [0.05, 0.1) is 5.60 Å². The van der Waals surface area contributed by atoms with E-state index < -0.39 is 0 Å². The van der Waals surface area contributed by atoms with Crippen LogP contribution in [0.3, 0.4) is 0 Å². The van der Waals surface area contributed by atoms with E-state index in [2.05, 4.69) is 4.98 Å². The molecule has 0 fully saturated rings. The number of rotatable bonds is 3. The summed E-state index contributed by atoms with van der Waals surface area (Å²) in [6.45, 7) is 4.05. The molecule has 0 unspecified atom stereocenters. The number of ether oxygens (including phenoxy) is 1. The van der Waals surface area contributed by atoms with Crippen molar-refractivity contribution in [1.29, 1.82) is 0 Å². The molecule has 0 aromatic carbocycles. The van der Waals surface area contributed by atoms with Crippen LogP contribution in [0.2, 0.25) is 0 Å². The monoisotopic (exact) mass is 180 g/mol. The minimum absolute atomic E-state index is 0.180. The first-order valence-electron chi connectivity index (χ1n) is 4.29. The first kappa shape index (κ1) is 9.99. The summed E-state index contributed by atoms with van der Waals surface area (Å²) in [5.74, 6) is 0. The largest absolute Gasteiger partial charge is 0.399 e. The number of nitrogen functional groups attached to an aromatic ring is 1. The van der Waals surface area contributed by atoms with Crippen LogP contribution in [-0.2, 0) is 11.2 Å². The van der Waals surface area contributed by atoms with Gasteiger partial charge < -0.3 is 10.5 Å². The van der Waals surface area contributed by atoms with Crippen LogP contribution in [0.1, 0.15) is 19.5 Å². The second-order valence-corrected chi connectivity index (χ2v) is 3.72. The average molecular weight is 180 g/mol. The molecule has 72 valence electrons. The fourth-order valence-electron chi connectivity index (χ4n) is 1.10. The molecule has 1 aromatic rings. The Morgan fingerprint density at radius 2 is 2.23 bits per heavy atom. The Balaban J connectivity index is 2.74. The third-order valence-corrected chi connectivity index (χ3v) is 2.00. The number of nitrogens with two attached hydrogens (primary N) is 1. The number of hydrogen-bond donors (Lipinski definition) is 1. The van der Waals surface area contributed by atoms with Gasteiger partial charge in [0.15, 0.2) is 0 Å². The molecule has 0 atom stereocenters. The highest BCUT2D eigenvalue weighted by Crippen LogP contribution is 2.15. The van der Waals surface area contributed by atoms with Gasteiger partial charge in [-0.15, -0.1) is 0 Å². The number of hydrogen-bond acceptors (Lipinski definition) is 3. The Kier molecular flexibility index (Phi) is 2.88. The van der Waals surface area contributed by atoms with Crippen molar-refractivity contribution in [2.45, 2.75) is 25.9 Å². The van der Waals surface area contributed by atoms with E-state index in [0.29, 0.717) is 0 Å². The highest BCUT2D eigenvalue weighted by molar-refractivity contribution is 5.37. The van der Waals surface area contributed by atoms with Gasteiger partial charge in [-0.2, -0.15) is 0 Å². The van der Waals surface area contributed by atoms with Crippen molar-refractivity contribution in [2.24, 2.45) is 0 Å². The Hall–Kier alpha value is -1.09. The molecule has 0 bridgehead atoms. The zero-order chi connectivity index (χ0) is 9.90. The number of methoxy groups -OCH3 is 1. The van der Waals surface area contributed by atoms with E-state index in [0.717, 1.165) is 17.8 Å². The molecule has 0 spiro atoms. The number of nitrogens with zero attached hydrogens (tertiary/aromatic N) is 1. The number of anilines is 1. The molecule has 1 rings (SSSR count). The second-order valence-electron chi connectivity index (χ2n) is 3.72. The summed E-state index contributed by atoms with van der Waals surface area (Å²) in [6, 6.07) is 3.66. The van der Waals surface area contributed by atoms with Crippen molar-refractivity contribution in [1.82, 2.24) is 4.98 Å². The zero-order valence-corrected chi connectivity index (χ0v) is 8.37. The van der Waals surface area contributed by atoms with Crippen LogP contribution >= 0.6 is 0 Å². The lowest BCUT2D eigenvalue weighted by atomic mass is 10.0. The molecule has 0 aliphatic rings. The van der Waals surface area contributed by atoms with Crippen LogP contribution < -0.4 is 5.73 Å². The van der Waals surface area contributed by atoms with E-state index in [1.807, 2.05) is 19.9 Å². The predicted octanol–water partition coefficient (Wildman–Crippen LogP) is 1.63. The Morgan fingerprint density at radius 1 is 1.54 bits per heavy atom. The van der Waals surface area contributed by atoms with Gasteiger partial charge in [0.25, 0.3) is 0 Å². The van der Waals surface area contributed by atoms with Crippen LogP contribution in [0.25, 0.3) is 0 Å². The Morgan fingerprint density at radius 3 is 2.77 bits per heavy atom. The van der Waals surface area contributed by atoms with Gasteiger partial charge in [-0.25, -0.2) is 0 Å². The summed E-state index contributed by atoms with van der Waals surface area (Å²) in [6.07, 6.45) is 2.49. The van der Waals surface area contributed by atoms with E-state index >= 15 is 0 Å². The van der Waals surface area contributed by atoms with Crippen LogP contribution in [0.15, 0.2) is 18.3 Å². The van der Waals surface area contributed by atoms with Crippen LogP contribution in [-0.4, -0.2) is 17.7 Å². The van der Waals surface area contributed by atoms with Crippen molar-refractivity contribution in [2.75, 3.05) is 12.8 Å². The van der Waals surface area contributed by atoms with E-state index in [1.54, 1.807) is 19.4 Å². The fraction of sp³-hybridized carbons (Fsp3) is 0.500. The molecule has 13 heavy (non-hydrogen) atoms. The van der Waals surface area contributed by atoms with Crippen molar-refractivity contribution >= 4 is 5.69 Å². The summed E-state index contributed by atoms with van der Waals surface area (Å²) in [7, 11) is 1.70. The van der Waals surface area contributed by atoms with Gasteiger partial charge in [0, 0.05) is 31.1 Å². The molecule has 1 heterocycles. The summed E-state index contributed by atoms with van der Waals surface area (Å²) < 4.78 is 5.30. The molecular formula is C10H16N2O. The maximum atomic E-state index is 5.64. The molecule has 0 saturated carbocycles. The molecule has 0 radical (unpaired) electrons. The van der Waals surface area contributed by atoms with Gasteiger partial charge in [-0.05, 0) is 26.0 Å². The lowest BCUT2D eigenvalue weighted by Crippen LogP contribution is -2.25. The number of aromatic nitrogens is 1. The van der Waals surface area contributed by atoms with Gasteiger partial charge >= 0.3 is 0 Å². The maximum absolute atomic E-state index is 5.64. The van der Waals surface area contributed by atoms with Crippen molar-refractivity contribution in [3.8, 4) is 0 Å². The van der Waals surface area contributed by atoms with Gasteiger partial charge in [0.1, 0.15) is 0 Å². The van der Waals surface area contributed by atoms with Crippen LogP contribution in [0.4, 0.5) is 5.69 Å². The SMILES string of the molecule is COC(C)(C)Cc1cc(N)ccn1. The third-order valence-electron chi connectivity index (χ3n) is 2.00. The number of pyridine rings is 1. The minimum Gasteiger partial charge on any atom is -0.399 e. The normalized spacial score (nSPS) is 11.6. The molecular weight excluding hydrogens is 164 g/mol. The van der Waals surface area contributed by atoms with Crippen molar-refractivity contribution < 1.29 is 4.74 Å². The molecule has 0 aliphatic carbocycles. The maximum Gasteiger partial charge on any atom is 0.0678 e. The fourth-order valence-corrected chi connectivity index (χ4v) is 1.10. The third kappa shape index (κ3) is 3.03. The highest BCUT2D eigenvalue weighted by atomic mass is 16.5. The first-order valence-corrected chi connectivity index (χ1v) is 4.29. The minimum atomic E-state index is -0.180. The van der Waals surface area contributed by atoms with Crippen LogP contribution in [0, 0.1) is 0 Å². The summed E-state index contributed by atoms with van der Waals surface area (Å²) in [5, 5.41) is 0. The lowest BCUT2D eigenvalue weighted by molar-refractivity contribution is 0.0224. The van der Waals surface area contributed by atoms with Crippen molar-refractivity contribution in [3.05, 3.63) is 24.0 Å². The molecule has 3 heteroatoms. The molecule has 0 aliphatic heterocycles. The van der Waals surface area contributed by atoms with E-state index in [4.69, 9.17) is 10.5 Å². The predicted molar refractivity (Wildman–Crippen MR) is 53.4 cm³/mol. The Bertz CT molecular complexity index is 284. The van der Waals surface area contributed by atoms with E-state index in [1.165, 1.54) is 0 Å². The first-order chi connectivity index (χ1) is 6.03. The lowest BCUT2D eigenvalue weighted by Gasteiger charge is -2.22. The molecule has 0 amide bonds. The topological polar surface area (TPSA) is 48.1 Å². The standard InChI is InChI=1S/C10H16N2O/c1-10(2,13-3)7-9-6-8(11)4-5-12-9/h4-6H,7H2,1-3H3,(H2,11,12). The molecule has 3 nitrogen and oxygen atoms in total. The van der Waals surface area contributed by atoms with E-state index in [9.17, 15) is 0 Å². The van der Waals surface area contributed by atoms with Crippen LogP contribution in [0.5, 0.6) is 0 Å². The highest BCUT2D eigenvalue weighted by Gasteiger charge is 2.17. The molecule has 1 aromatic heterocycles. The van der Waals surface area contributed by atoms with E-state index in [-0.39, 0.29) is 5.60 Å². The zero-order valence-electron chi connectivity index (χ0n) is 8.37. The van der Waals surface area contributed by atoms with Gasteiger partial charge in [-0.3, -0.25) is 4.98 Å². The van der Waals surface area contributed by atoms with Crippen molar-refractivity contribution in [3.63, 3.8) is 0 Å². The molecule has 0 saturated heterocycles. The van der Waals surface area contributed by atoms with Gasteiger partial charge in [0.2, 0.25) is 0 Å².